The third kappa shape index (κ3) is 6.04. The molecule has 0 aliphatic carbocycles. The predicted octanol–water partition coefficient (Wildman–Crippen LogP) is 2.97. The lowest BCUT2D eigenvalue weighted by atomic mass is 10.0. The summed E-state index contributed by atoms with van der Waals surface area (Å²) in [6.45, 7) is 0. The van der Waals surface area contributed by atoms with Gasteiger partial charge in [-0.25, -0.2) is 0 Å². The number of carboxylic acids is 1. The molecule has 0 saturated heterocycles. The van der Waals surface area contributed by atoms with E-state index in [9.17, 15) is 9.59 Å². The second-order valence-electron chi connectivity index (χ2n) is 5.85. The van der Waals surface area contributed by atoms with Gasteiger partial charge in [0, 0.05) is 19.6 Å². The van der Waals surface area contributed by atoms with E-state index in [1.807, 2.05) is 60.7 Å². The first-order valence-corrected chi connectivity index (χ1v) is 8.24. The van der Waals surface area contributed by atoms with Crippen LogP contribution in [-0.2, 0) is 20.7 Å². The molecule has 1 unspecified atom stereocenters. The van der Waals surface area contributed by atoms with E-state index < -0.39 is 12.1 Å². The number of hydrogen-bond acceptors (Lipinski definition) is 3. The SMILES string of the molecule is CO[C@@H](C(=O)NC(CCC(=O)O)Cc1ccccc1)c1ccccc1. The third-order valence-corrected chi connectivity index (χ3v) is 3.95. The number of carboxylic acid groups (broad SMARTS) is 1. The molecule has 2 aromatic carbocycles. The Kier molecular flexibility index (Phi) is 7.16. The molecular weight excluding hydrogens is 318 g/mol. The van der Waals surface area contributed by atoms with Gasteiger partial charge in [-0.1, -0.05) is 60.7 Å². The Bertz CT molecular complexity index is 673. The van der Waals surface area contributed by atoms with Gasteiger partial charge in [0.05, 0.1) is 0 Å². The van der Waals surface area contributed by atoms with Gasteiger partial charge in [-0.05, 0) is 24.0 Å². The highest BCUT2D eigenvalue weighted by atomic mass is 16.5. The highest BCUT2D eigenvalue weighted by molar-refractivity contribution is 5.82. The fraction of sp³-hybridized carbons (Fsp3) is 0.300. The number of amides is 1. The number of methoxy groups -OCH3 is 1. The number of aliphatic carboxylic acids is 1. The van der Waals surface area contributed by atoms with Gasteiger partial charge in [0.2, 0.25) is 0 Å². The maximum atomic E-state index is 12.6. The molecule has 2 atom stereocenters. The van der Waals surface area contributed by atoms with Crippen molar-refractivity contribution in [1.82, 2.24) is 5.32 Å². The van der Waals surface area contributed by atoms with Crippen LogP contribution in [0, 0.1) is 0 Å². The van der Waals surface area contributed by atoms with Crippen LogP contribution in [0.25, 0.3) is 0 Å². The van der Waals surface area contributed by atoms with E-state index in [0.717, 1.165) is 11.1 Å². The summed E-state index contributed by atoms with van der Waals surface area (Å²) in [5.74, 6) is -1.14. The van der Waals surface area contributed by atoms with E-state index in [4.69, 9.17) is 9.84 Å². The molecule has 1 amide bonds. The maximum Gasteiger partial charge on any atom is 0.303 e. The minimum atomic E-state index is -0.876. The molecule has 0 spiro atoms. The van der Waals surface area contributed by atoms with Gasteiger partial charge >= 0.3 is 5.97 Å². The van der Waals surface area contributed by atoms with Crippen LogP contribution in [0.5, 0.6) is 0 Å². The van der Waals surface area contributed by atoms with Crippen molar-refractivity contribution in [3.8, 4) is 0 Å². The van der Waals surface area contributed by atoms with Crippen molar-refractivity contribution in [2.24, 2.45) is 0 Å². The van der Waals surface area contributed by atoms with Crippen LogP contribution >= 0.6 is 0 Å². The van der Waals surface area contributed by atoms with E-state index in [1.165, 1.54) is 7.11 Å². The highest BCUT2D eigenvalue weighted by Crippen LogP contribution is 2.17. The minimum Gasteiger partial charge on any atom is -0.481 e. The van der Waals surface area contributed by atoms with E-state index in [0.29, 0.717) is 12.8 Å². The number of nitrogens with one attached hydrogen (secondary N) is 1. The normalized spacial score (nSPS) is 13.0. The van der Waals surface area contributed by atoms with E-state index >= 15 is 0 Å². The van der Waals surface area contributed by atoms with Gasteiger partial charge in [0.25, 0.3) is 5.91 Å². The Morgan fingerprint density at radius 3 is 2.20 bits per heavy atom. The average molecular weight is 341 g/mol. The zero-order valence-electron chi connectivity index (χ0n) is 14.2. The van der Waals surface area contributed by atoms with Gasteiger partial charge in [-0.2, -0.15) is 0 Å². The molecule has 5 heteroatoms. The van der Waals surface area contributed by atoms with Crippen molar-refractivity contribution < 1.29 is 19.4 Å². The molecule has 0 radical (unpaired) electrons. The van der Waals surface area contributed by atoms with Crippen LogP contribution in [0.3, 0.4) is 0 Å². The first-order chi connectivity index (χ1) is 12.1. The average Bonchev–Trinajstić information content (AvgIpc) is 2.62. The lowest BCUT2D eigenvalue weighted by Gasteiger charge is -2.22. The van der Waals surface area contributed by atoms with Crippen LogP contribution < -0.4 is 5.32 Å². The van der Waals surface area contributed by atoms with Crippen LogP contribution in [0.1, 0.15) is 30.1 Å². The summed E-state index contributed by atoms with van der Waals surface area (Å²) in [5.41, 5.74) is 1.81. The predicted molar refractivity (Wildman–Crippen MR) is 95.1 cm³/mol. The molecule has 2 N–H and O–H groups in total. The molecule has 0 saturated carbocycles. The second kappa shape index (κ2) is 9.59. The fourth-order valence-corrected chi connectivity index (χ4v) is 2.72. The first kappa shape index (κ1) is 18.7. The molecular formula is C20H23NO4. The number of carbonyl (C=O) groups is 2. The molecule has 0 aliphatic rings. The second-order valence-corrected chi connectivity index (χ2v) is 5.85. The Hall–Kier alpha value is -2.66. The summed E-state index contributed by atoms with van der Waals surface area (Å²) in [6.07, 6.45) is 0.219. The standard InChI is InChI=1S/C20H23NO4/c1-25-19(16-10-6-3-7-11-16)20(24)21-17(12-13-18(22)23)14-15-8-4-2-5-9-15/h2-11,17,19H,12-14H2,1H3,(H,21,24)(H,22,23)/t17?,19-/m1/s1. The van der Waals surface area contributed by atoms with Gasteiger partial charge in [-0.3, -0.25) is 9.59 Å². The summed E-state index contributed by atoms with van der Waals surface area (Å²) in [5, 5.41) is 11.9. The van der Waals surface area contributed by atoms with E-state index in [1.54, 1.807) is 0 Å². The zero-order valence-corrected chi connectivity index (χ0v) is 14.2. The lowest BCUT2D eigenvalue weighted by Crippen LogP contribution is -2.40. The monoisotopic (exact) mass is 341 g/mol. The van der Waals surface area contributed by atoms with E-state index in [-0.39, 0.29) is 18.4 Å². The molecule has 132 valence electrons. The number of benzene rings is 2. The highest BCUT2D eigenvalue weighted by Gasteiger charge is 2.23. The molecule has 2 rings (SSSR count). The van der Waals surface area contributed by atoms with Crippen molar-refractivity contribution in [2.45, 2.75) is 31.4 Å². The quantitative estimate of drug-likeness (QED) is 0.735. The van der Waals surface area contributed by atoms with E-state index in [2.05, 4.69) is 5.32 Å². The Morgan fingerprint density at radius 1 is 1.04 bits per heavy atom. The third-order valence-electron chi connectivity index (χ3n) is 3.95. The number of carbonyl (C=O) groups excluding carboxylic acids is 1. The van der Waals surface area contributed by atoms with Gasteiger partial charge < -0.3 is 15.2 Å². The smallest absolute Gasteiger partial charge is 0.303 e. The topological polar surface area (TPSA) is 75.6 Å². The molecule has 0 heterocycles. The molecule has 0 aromatic heterocycles. The van der Waals surface area contributed by atoms with Crippen molar-refractivity contribution >= 4 is 11.9 Å². The molecule has 2 aromatic rings. The largest absolute Gasteiger partial charge is 0.481 e. The first-order valence-electron chi connectivity index (χ1n) is 8.24. The number of hydrogen-bond donors (Lipinski definition) is 2. The fourth-order valence-electron chi connectivity index (χ4n) is 2.72. The molecule has 0 fully saturated rings. The Balaban J connectivity index is 2.08. The number of ether oxygens (including phenoxy) is 1. The van der Waals surface area contributed by atoms with Crippen molar-refractivity contribution in [3.63, 3.8) is 0 Å². The molecule has 25 heavy (non-hydrogen) atoms. The summed E-state index contributed by atoms with van der Waals surface area (Å²) < 4.78 is 5.35. The maximum absolute atomic E-state index is 12.6. The minimum absolute atomic E-state index is 0.000760. The van der Waals surface area contributed by atoms with Crippen LogP contribution in [-0.4, -0.2) is 30.1 Å². The molecule has 0 bridgehead atoms. The Morgan fingerprint density at radius 2 is 1.64 bits per heavy atom. The van der Waals surface area contributed by atoms with Crippen LogP contribution in [0.15, 0.2) is 60.7 Å². The lowest BCUT2D eigenvalue weighted by molar-refractivity contribution is -0.138. The number of rotatable bonds is 9. The zero-order chi connectivity index (χ0) is 18.1. The van der Waals surface area contributed by atoms with Crippen molar-refractivity contribution in [2.75, 3.05) is 7.11 Å². The van der Waals surface area contributed by atoms with Gasteiger partial charge in [-0.15, -0.1) is 0 Å². The molecule has 0 aliphatic heterocycles. The van der Waals surface area contributed by atoms with Crippen molar-refractivity contribution in [1.29, 1.82) is 0 Å². The van der Waals surface area contributed by atoms with Gasteiger partial charge in [0.1, 0.15) is 0 Å². The summed E-state index contributed by atoms with van der Waals surface area (Å²) in [7, 11) is 1.49. The summed E-state index contributed by atoms with van der Waals surface area (Å²) >= 11 is 0. The van der Waals surface area contributed by atoms with Crippen LogP contribution in [0.2, 0.25) is 0 Å². The van der Waals surface area contributed by atoms with Crippen molar-refractivity contribution in [3.05, 3.63) is 71.8 Å². The summed E-state index contributed by atoms with van der Waals surface area (Å²) in [6, 6.07) is 18.7. The summed E-state index contributed by atoms with van der Waals surface area (Å²) in [4.78, 5) is 23.6. The van der Waals surface area contributed by atoms with Crippen LogP contribution in [0.4, 0.5) is 0 Å². The Labute approximate surface area is 147 Å². The molecule has 5 nitrogen and oxygen atoms in total. The van der Waals surface area contributed by atoms with Gasteiger partial charge in [0.15, 0.2) is 6.10 Å².